The van der Waals surface area contributed by atoms with Gasteiger partial charge in [-0.25, -0.2) is 0 Å². The normalized spacial score (nSPS) is 10.7. The quantitative estimate of drug-likeness (QED) is 0.854. The lowest BCUT2D eigenvalue weighted by Crippen LogP contribution is -1.99. The summed E-state index contributed by atoms with van der Waals surface area (Å²) in [5.41, 5.74) is 3.72. The summed E-state index contributed by atoms with van der Waals surface area (Å²) in [5, 5.41) is 13.1. The predicted octanol–water partition coefficient (Wildman–Crippen LogP) is 2.16. The van der Waals surface area contributed by atoms with Crippen molar-refractivity contribution in [1.82, 2.24) is 9.78 Å². The fraction of sp³-hybridized carbons (Fsp3) is 0.357. The third-order valence-corrected chi connectivity index (χ3v) is 2.78. The monoisotopic (exact) mass is 230 g/mol. The standard InChI is InChI=1S/C14H18N2O/c1-12-4-6-13(7-5-12)10-16-11-14(9-15-16)3-2-8-17/h4-7,9,11,17H,2-3,8,10H2,1H3. The smallest absolute Gasteiger partial charge is 0.0659 e. The first kappa shape index (κ1) is 11.9. The van der Waals surface area contributed by atoms with Crippen LogP contribution in [0.4, 0.5) is 0 Å². The van der Waals surface area contributed by atoms with E-state index in [0.29, 0.717) is 0 Å². The Morgan fingerprint density at radius 3 is 2.65 bits per heavy atom. The Balaban J connectivity index is 1.98. The van der Waals surface area contributed by atoms with Gasteiger partial charge in [0.1, 0.15) is 0 Å². The highest BCUT2D eigenvalue weighted by atomic mass is 16.2. The van der Waals surface area contributed by atoms with E-state index in [9.17, 15) is 0 Å². The summed E-state index contributed by atoms with van der Waals surface area (Å²) < 4.78 is 1.94. The van der Waals surface area contributed by atoms with Gasteiger partial charge in [0.25, 0.3) is 0 Å². The predicted molar refractivity (Wildman–Crippen MR) is 67.9 cm³/mol. The van der Waals surface area contributed by atoms with E-state index in [1.54, 1.807) is 0 Å². The van der Waals surface area contributed by atoms with Crippen LogP contribution in [0.3, 0.4) is 0 Å². The molecule has 2 rings (SSSR count). The van der Waals surface area contributed by atoms with E-state index >= 15 is 0 Å². The molecular weight excluding hydrogens is 212 g/mol. The molecule has 0 saturated carbocycles. The van der Waals surface area contributed by atoms with Crippen molar-refractivity contribution in [1.29, 1.82) is 0 Å². The summed E-state index contributed by atoms with van der Waals surface area (Å²) in [4.78, 5) is 0. The molecule has 1 aromatic heterocycles. The van der Waals surface area contributed by atoms with Crippen LogP contribution in [0.1, 0.15) is 23.1 Å². The van der Waals surface area contributed by atoms with Crippen LogP contribution in [0.25, 0.3) is 0 Å². The molecule has 3 nitrogen and oxygen atoms in total. The van der Waals surface area contributed by atoms with Crippen LogP contribution < -0.4 is 0 Å². The maximum Gasteiger partial charge on any atom is 0.0659 e. The highest BCUT2D eigenvalue weighted by Gasteiger charge is 1.99. The first-order valence-corrected chi connectivity index (χ1v) is 5.95. The Kier molecular flexibility index (Phi) is 3.94. The fourth-order valence-corrected chi connectivity index (χ4v) is 1.79. The van der Waals surface area contributed by atoms with E-state index in [2.05, 4.69) is 42.5 Å². The fourth-order valence-electron chi connectivity index (χ4n) is 1.79. The maximum absolute atomic E-state index is 8.77. The summed E-state index contributed by atoms with van der Waals surface area (Å²) in [6.45, 7) is 3.13. The number of aliphatic hydroxyl groups excluding tert-OH is 1. The van der Waals surface area contributed by atoms with Crippen LogP contribution in [0.5, 0.6) is 0 Å². The lowest BCUT2D eigenvalue weighted by molar-refractivity contribution is 0.288. The third-order valence-electron chi connectivity index (χ3n) is 2.78. The minimum absolute atomic E-state index is 0.239. The van der Waals surface area contributed by atoms with Crippen LogP contribution in [-0.2, 0) is 13.0 Å². The zero-order valence-corrected chi connectivity index (χ0v) is 10.1. The van der Waals surface area contributed by atoms with Gasteiger partial charge in [0.05, 0.1) is 12.7 Å². The molecule has 0 unspecified atom stereocenters. The van der Waals surface area contributed by atoms with Gasteiger partial charge in [0, 0.05) is 12.8 Å². The van der Waals surface area contributed by atoms with Gasteiger partial charge in [-0.05, 0) is 30.9 Å². The van der Waals surface area contributed by atoms with E-state index in [1.165, 1.54) is 16.7 Å². The molecule has 0 aliphatic carbocycles. The van der Waals surface area contributed by atoms with Crippen LogP contribution in [-0.4, -0.2) is 21.5 Å². The summed E-state index contributed by atoms with van der Waals surface area (Å²) >= 11 is 0. The Morgan fingerprint density at radius 1 is 1.18 bits per heavy atom. The third kappa shape index (κ3) is 3.43. The van der Waals surface area contributed by atoms with Crippen molar-refractivity contribution < 1.29 is 5.11 Å². The summed E-state index contributed by atoms with van der Waals surface area (Å²) in [7, 11) is 0. The molecule has 0 bridgehead atoms. The van der Waals surface area contributed by atoms with Crippen molar-refractivity contribution in [2.24, 2.45) is 0 Å². The second-order valence-electron chi connectivity index (χ2n) is 4.36. The van der Waals surface area contributed by atoms with Crippen LogP contribution in [0, 0.1) is 6.92 Å². The average Bonchev–Trinajstić information content (AvgIpc) is 2.77. The average molecular weight is 230 g/mol. The highest BCUT2D eigenvalue weighted by Crippen LogP contribution is 2.07. The molecule has 0 radical (unpaired) electrons. The lowest BCUT2D eigenvalue weighted by Gasteiger charge is -2.02. The minimum Gasteiger partial charge on any atom is -0.396 e. The van der Waals surface area contributed by atoms with Crippen molar-refractivity contribution in [3.63, 3.8) is 0 Å². The van der Waals surface area contributed by atoms with E-state index in [1.807, 2.05) is 10.9 Å². The number of aryl methyl sites for hydroxylation is 2. The molecule has 1 aromatic carbocycles. The molecule has 2 aromatic rings. The second-order valence-corrected chi connectivity index (χ2v) is 4.36. The molecule has 0 aliphatic heterocycles. The van der Waals surface area contributed by atoms with Crippen LogP contribution in [0.2, 0.25) is 0 Å². The number of nitrogens with zero attached hydrogens (tertiary/aromatic N) is 2. The van der Waals surface area contributed by atoms with Crippen molar-refractivity contribution in [3.05, 3.63) is 53.3 Å². The zero-order chi connectivity index (χ0) is 12.1. The Morgan fingerprint density at radius 2 is 1.94 bits per heavy atom. The molecular formula is C14H18N2O. The summed E-state index contributed by atoms with van der Waals surface area (Å²) in [6, 6.07) is 8.49. The zero-order valence-electron chi connectivity index (χ0n) is 10.1. The van der Waals surface area contributed by atoms with Crippen LogP contribution >= 0.6 is 0 Å². The molecule has 0 amide bonds. The van der Waals surface area contributed by atoms with Gasteiger partial charge in [-0.15, -0.1) is 0 Å². The maximum atomic E-state index is 8.77. The van der Waals surface area contributed by atoms with Crippen molar-refractivity contribution >= 4 is 0 Å². The Hall–Kier alpha value is -1.61. The molecule has 0 fully saturated rings. The summed E-state index contributed by atoms with van der Waals surface area (Å²) in [6.07, 6.45) is 5.62. The number of aliphatic hydroxyl groups is 1. The van der Waals surface area contributed by atoms with Gasteiger partial charge in [-0.1, -0.05) is 29.8 Å². The molecule has 0 saturated heterocycles. The molecule has 0 spiro atoms. The van der Waals surface area contributed by atoms with Gasteiger partial charge >= 0.3 is 0 Å². The molecule has 0 atom stereocenters. The SMILES string of the molecule is Cc1ccc(Cn2cc(CCCO)cn2)cc1. The number of rotatable bonds is 5. The molecule has 1 heterocycles. The Labute approximate surface area is 102 Å². The van der Waals surface area contributed by atoms with Gasteiger partial charge in [0.2, 0.25) is 0 Å². The number of aromatic nitrogens is 2. The van der Waals surface area contributed by atoms with E-state index < -0.39 is 0 Å². The second kappa shape index (κ2) is 5.64. The van der Waals surface area contributed by atoms with Crippen molar-refractivity contribution in [2.45, 2.75) is 26.3 Å². The molecule has 3 heteroatoms. The van der Waals surface area contributed by atoms with E-state index in [-0.39, 0.29) is 6.61 Å². The number of benzene rings is 1. The highest BCUT2D eigenvalue weighted by molar-refractivity contribution is 5.21. The van der Waals surface area contributed by atoms with Gasteiger partial charge < -0.3 is 5.11 Å². The van der Waals surface area contributed by atoms with Crippen LogP contribution in [0.15, 0.2) is 36.7 Å². The van der Waals surface area contributed by atoms with Crippen molar-refractivity contribution in [2.75, 3.05) is 6.61 Å². The lowest BCUT2D eigenvalue weighted by atomic mass is 10.1. The van der Waals surface area contributed by atoms with Crippen molar-refractivity contribution in [3.8, 4) is 0 Å². The van der Waals surface area contributed by atoms with Gasteiger partial charge in [0.15, 0.2) is 0 Å². The largest absolute Gasteiger partial charge is 0.396 e. The Bertz CT molecular complexity index is 459. The minimum atomic E-state index is 0.239. The number of hydrogen-bond acceptors (Lipinski definition) is 2. The topological polar surface area (TPSA) is 38.0 Å². The van der Waals surface area contributed by atoms with E-state index in [4.69, 9.17) is 5.11 Å². The molecule has 0 aliphatic rings. The van der Waals surface area contributed by atoms with Gasteiger partial charge in [-0.3, -0.25) is 4.68 Å². The molecule has 17 heavy (non-hydrogen) atoms. The first-order valence-electron chi connectivity index (χ1n) is 5.95. The molecule has 1 N–H and O–H groups in total. The number of hydrogen-bond donors (Lipinski definition) is 1. The van der Waals surface area contributed by atoms with Gasteiger partial charge in [-0.2, -0.15) is 5.10 Å². The molecule has 90 valence electrons. The first-order chi connectivity index (χ1) is 8.28. The summed E-state index contributed by atoms with van der Waals surface area (Å²) in [5.74, 6) is 0. The van der Waals surface area contributed by atoms with E-state index in [0.717, 1.165) is 19.4 Å².